The molecular weight excluding hydrogens is 407 g/mol. The van der Waals surface area contributed by atoms with Crippen LogP contribution in [0.15, 0.2) is 21.1 Å². The van der Waals surface area contributed by atoms with Gasteiger partial charge in [0.05, 0.1) is 25.0 Å². The zero-order chi connectivity index (χ0) is 14.6. The second-order valence-electron chi connectivity index (χ2n) is 4.59. The lowest BCUT2D eigenvalue weighted by atomic mass is 10.1. The summed E-state index contributed by atoms with van der Waals surface area (Å²) in [5, 5.41) is 10.6. The molecule has 20 heavy (non-hydrogen) atoms. The minimum atomic E-state index is 0.000767. The molecule has 2 aromatic carbocycles. The summed E-state index contributed by atoms with van der Waals surface area (Å²) in [5.41, 5.74) is 4.76. The van der Waals surface area contributed by atoms with Crippen LogP contribution in [0.4, 0.5) is 0 Å². The van der Waals surface area contributed by atoms with Gasteiger partial charge in [0.2, 0.25) is 0 Å². The first-order valence-corrected chi connectivity index (χ1v) is 7.81. The van der Waals surface area contributed by atoms with Crippen LogP contribution in [0.3, 0.4) is 0 Å². The van der Waals surface area contributed by atoms with Crippen molar-refractivity contribution >= 4 is 65.5 Å². The second-order valence-corrected chi connectivity index (χ2v) is 6.55. The molecule has 0 saturated heterocycles. The van der Waals surface area contributed by atoms with Crippen LogP contribution in [-0.4, -0.2) is 15.1 Å². The van der Waals surface area contributed by atoms with Gasteiger partial charge in [-0.1, -0.05) is 17.7 Å². The first kappa shape index (κ1) is 14.0. The summed E-state index contributed by atoms with van der Waals surface area (Å²) in [5.74, 6) is 0.000767. The van der Waals surface area contributed by atoms with Crippen LogP contribution in [0.1, 0.15) is 11.1 Å². The Kier molecular flexibility index (Phi) is 3.39. The fourth-order valence-electron chi connectivity index (χ4n) is 2.08. The Bertz CT molecular complexity index is 881. The molecule has 0 atom stereocenters. The van der Waals surface area contributed by atoms with E-state index in [2.05, 4.69) is 41.8 Å². The lowest BCUT2D eigenvalue weighted by molar-refractivity contribution is 0.477. The molecule has 0 fully saturated rings. The molecule has 0 unspecified atom stereocenters. The maximum atomic E-state index is 10.2. The van der Waals surface area contributed by atoms with E-state index in [4.69, 9.17) is 11.6 Å². The van der Waals surface area contributed by atoms with Gasteiger partial charge in [0.25, 0.3) is 0 Å². The lowest BCUT2D eigenvalue weighted by Gasteiger charge is -2.10. The fraction of sp³-hybridized carbons (Fsp3) is 0.143. The molecule has 0 saturated carbocycles. The third-order valence-corrected chi connectivity index (χ3v) is 5.76. The lowest BCUT2D eigenvalue weighted by Crippen LogP contribution is -1.94. The smallest absolute Gasteiger partial charge is 0.159 e. The number of nitrogens with zero attached hydrogens (tertiary/aromatic N) is 2. The first-order chi connectivity index (χ1) is 9.41. The number of aromatic hydroxyl groups is 1. The van der Waals surface area contributed by atoms with E-state index in [0.29, 0.717) is 25.0 Å². The molecule has 0 aliphatic carbocycles. The Morgan fingerprint density at radius 3 is 2.40 bits per heavy atom. The van der Waals surface area contributed by atoms with Gasteiger partial charge in [-0.2, -0.15) is 0 Å². The van der Waals surface area contributed by atoms with Gasteiger partial charge in [0.1, 0.15) is 11.0 Å². The summed E-state index contributed by atoms with van der Waals surface area (Å²) in [7, 11) is 0. The van der Waals surface area contributed by atoms with E-state index in [-0.39, 0.29) is 5.75 Å². The fourth-order valence-corrected chi connectivity index (χ4v) is 3.39. The van der Waals surface area contributed by atoms with Crippen LogP contribution in [0.25, 0.3) is 22.1 Å². The number of rotatable bonds is 0. The summed E-state index contributed by atoms with van der Waals surface area (Å²) in [6, 6.07) is 3.90. The maximum Gasteiger partial charge on any atom is 0.159 e. The molecule has 3 nitrogen and oxygen atoms in total. The van der Waals surface area contributed by atoms with Crippen molar-refractivity contribution in [2.24, 2.45) is 0 Å². The number of fused-ring (bicyclic) bond motifs is 2. The predicted octanol–water partition coefficient (Wildman–Crippen LogP) is 5.28. The van der Waals surface area contributed by atoms with E-state index in [1.165, 1.54) is 0 Å². The van der Waals surface area contributed by atoms with Gasteiger partial charge in [0.15, 0.2) is 5.75 Å². The maximum absolute atomic E-state index is 10.2. The standard InChI is InChI=1S/C14H9Br2ClN2O/c1-5-3-4-7-11(6(5)2)19-12-8(15)10(17)9(16)14(20)13(12)18-7/h3-4,20H,1-2H3. The van der Waals surface area contributed by atoms with Crippen LogP contribution in [-0.2, 0) is 0 Å². The van der Waals surface area contributed by atoms with Crippen molar-refractivity contribution in [2.45, 2.75) is 13.8 Å². The van der Waals surface area contributed by atoms with Crippen LogP contribution < -0.4 is 0 Å². The predicted molar refractivity (Wildman–Crippen MR) is 88.6 cm³/mol. The normalized spacial score (nSPS) is 11.4. The highest BCUT2D eigenvalue weighted by Gasteiger charge is 2.18. The van der Waals surface area contributed by atoms with Gasteiger partial charge in [0, 0.05) is 0 Å². The van der Waals surface area contributed by atoms with Gasteiger partial charge < -0.3 is 5.11 Å². The van der Waals surface area contributed by atoms with Gasteiger partial charge in [-0.25, -0.2) is 9.97 Å². The van der Waals surface area contributed by atoms with Crippen molar-refractivity contribution < 1.29 is 5.11 Å². The minimum Gasteiger partial charge on any atom is -0.504 e. The molecule has 0 amide bonds. The average molecular weight is 417 g/mol. The van der Waals surface area contributed by atoms with Gasteiger partial charge in [-0.05, 0) is 62.9 Å². The number of phenolic OH excluding ortho intramolecular Hbond substituents is 1. The number of benzene rings is 2. The summed E-state index contributed by atoms with van der Waals surface area (Å²) in [6.07, 6.45) is 0. The number of aryl methyl sites for hydroxylation is 2. The molecule has 0 radical (unpaired) electrons. The summed E-state index contributed by atoms with van der Waals surface area (Å²) < 4.78 is 1.03. The van der Waals surface area contributed by atoms with Gasteiger partial charge >= 0.3 is 0 Å². The van der Waals surface area contributed by atoms with E-state index in [1.807, 2.05) is 26.0 Å². The van der Waals surface area contributed by atoms with Crippen molar-refractivity contribution in [1.29, 1.82) is 0 Å². The van der Waals surface area contributed by atoms with Crippen molar-refractivity contribution in [3.05, 3.63) is 37.2 Å². The quantitative estimate of drug-likeness (QED) is 0.400. The third-order valence-electron chi connectivity index (χ3n) is 3.39. The zero-order valence-electron chi connectivity index (χ0n) is 10.6. The molecular formula is C14H9Br2ClN2O. The average Bonchev–Trinajstić information content (AvgIpc) is 2.45. The Morgan fingerprint density at radius 2 is 1.70 bits per heavy atom. The second kappa shape index (κ2) is 4.83. The molecule has 1 heterocycles. The number of aromatic nitrogens is 2. The Balaban J connectivity index is 2.58. The first-order valence-electron chi connectivity index (χ1n) is 5.85. The molecule has 3 aromatic rings. The number of hydrogen-bond donors (Lipinski definition) is 1. The van der Waals surface area contributed by atoms with Crippen molar-refractivity contribution in [1.82, 2.24) is 9.97 Å². The molecule has 1 N–H and O–H groups in total. The molecule has 0 aliphatic rings. The molecule has 0 spiro atoms. The van der Waals surface area contributed by atoms with Crippen LogP contribution in [0, 0.1) is 13.8 Å². The van der Waals surface area contributed by atoms with Gasteiger partial charge in [-0.3, -0.25) is 0 Å². The highest BCUT2D eigenvalue weighted by molar-refractivity contribution is 9.11. The number of halogens is 3. The highest BCUT2D eigenvalue weighted by atomic mass is 79.9. The van der Waals surface area contributed by atoms with E-state index in [1.54, 1.807) is 0 Å². The van der Waals surface area contributed by atoms with Crippen LogP contribution in [0.2, 0.25) is 5.02 Å². The van der Waals surface area contributed by atoms with Crippen LogP contribution in [0.5, 0.6) is 5.75 Å². The molecule has 102 valence electrons. The highest BCUT2D eigenvalue weighted by Crippen LogP contribution is 2.43. The Labute approximate surface area is 137 Å². The van der Waals surface area contributed by atoms with Crippen LogP contribution >= 0.6 is 43.5 Å². The summed E-state index contributed by atoms with van der Waals surface area (Å²) in [4.78, 5) is 9.14. The molecule has 1 aromatic heterocycles. The van der Waals surface area contributed by atoms with E-state index >= 15 is 0 Å². The number of phenols is 1. The van der Waals surface area contributed by atoms with Crippen molar-refractivity contribution in [3.8, 4) is 5.75 Å². The number of hydrogen-bond acceptors (Lipinski definition) is 3. The Morgan fingerprint density at radius 1 is 1.00 bits per heavy atom. The largest absolute Gasteiger partial charge is 0.504 e. The summed E-state index contributed by atoms with van der Waals surface area (Å²) in [6.45, 7) is 4.04. The molecule has 6 heteroatoms. The summed E-state index contributed by atoms with van der Waals surface area (Å²) >= 11 is 12.8. The SMILES string of the molecule is Cc1ccc2nc3c(O)c(Br)c(Cl)c(Br)c3nc2c1C. The van der Waals surface area contributed by atoms with E-state index in [9.17, 15) is 5.11 Å². The zero-order valence-corrected chi connectivity index (χ0v) is 14.6. The molecule has 0 aliphatic heterocycles. The third kappa shape index (κ3) is 1.91. The van der Waals surface area contributed by atoms with Gasteiger partial charge in [-0.15, -0.1) is 0 Å². The van der Waals surface area contributed by atoms with Crippen molar-refractivity contribution in [3.63, 3.8) is 0 Å². The molecule has 3 rings (SSSR count). The van der Waals surface area contributed by atoms with Crippen molar-refractivity contribution in [2.75, 3.05) is 0 Å². The van der Waals surface area contributed by atoms with E-state index in [0.717, 1.165) is 22.2 Å². The van der Waals surface area contributed by atoms with E-state index < -0.39 is 0 Å². The minimum absolute atomic E-state index is 0.000767. The monoisotopic (exact) mass is 414 g/mol. The topological polar surface area (TPSA) is 46.0 Å². The molecule has 0 bridgehead atoms. The Hall–Kier alpha value is -0.910.